The van der Waals surface area contributed by atoms with Crippen molar-refractivity contribution in [2.45, 2.75) is 44.1 Å². The second-order valence-corrected chi connectivity index (χ2v) is 7.67. The minimum atomic E-state index is -4.79. The van der Waals surface area contributed by atoms with Crippen LogP contribution in [-0.2, 0) is 9.40 Å². The molecule has 0 unspecified atom stereocenters. The van der Waals surface area contributed by atoms with Gasteiger partial charge in [-0.3, -0.25) is 0 Å². The molecule has 0 aromatic carbocycles. The Morgan fingerprint density at radius 2 is 1.56 bits per heavy atom. The first kappa shape index (κ1) is 12.6. The van der Waals surface area contributed by atoms with E-state index in [9.17, 15) is 9.36 Å². The Hall–Kier alpha value is -0.420. The smallest absolute Gasteiger partial charge is 0.361 e. The fourth-order valence-corrected chi connectivity index (χ4v) is 4.61. The summed E-state index contributed by atoms with van der Waals surface area (Å²) >= 11 is 0. The molecule has 4 saturated carbocycles. The lowest BCUT2D eigenvalue weighted by atomic mass is 9.53. The predicted molar refractivity (Wildman–Crippen MR) is 62.6 cm³/mol. The molecule has 4 fully saturated rings. The second-order valence-electron chi connectivity index (χ2n) is 6.21. The van der Waals surface area contributed by atoms with Crippen molar-refractivity contribution in [3.8, 4) is 0 Å². The molecule has 4 bridgehead atoms. The number of carbonyl (C=O) groups excluding carboxylic acids is 1. The minimum absolute atomic E-state index is 0.237. The van der Waals surface area contributed by atoms with Gasteiger partial charge in [0.25, 0.3) is 0 Å². The minimum Gasteiger partial charge on any atom is -0.361 e. The van der Waals surface area contributed by atoms with Gasteiger partial charge in [-0.2, -0.15) is 0 Å². The fourth-order valence-electron chi connectivity index (χ4n) is 4.45. The molecule has 0 aromatic heterocycles. The summed E-state index contributed by atoms with van der Waals surface area (Å²) in [7, 11) is -4.79. The first-order chi connectivity index (χ1) is 8.36. The van der Waals surface area contributed by atoms with Crippen LogP contribution in [0.3, 0.4) is 0 Å². The van der Waals surface area contributed by atoms with Gasteiger partial charge in [0.05, 0.1) is 5.54 Å². The largest absolute Gasteiger partial charge is 0.438 e. The number of carbonyl (C=O) groups is 1. The molecule has 3 N–H and O–H groups in total. The summed E-state index contributed by atoms with van der Waals surface area (Å²) in [5.74, 6) is 2.03. The summed E-state index contributed by atoms with van der Waals surface area (Å²) in [6, 6.07) is 0. The molecule has 0 radical (unpaired) electrons. The van der Waals surface area contributed by atoms with Crippen molar-refractivity contribution in [2.75, 3.05) is 0 Å². The molecular formula is C11H18NO5P. The zero-order valence-corrected chi connectivity index (χ0v) is 10.9. The number of hydroxylamine groups is 1. The highest BCUT2D eigenvalue weighted by molar-refractivity contribution is 7.69. The van der Waals surface area contributed by atoms with E-state index in [0.717, 1.165) is 19.3 Å². The number of nitrogens with one attached hydrogen (secondary N) is 1. The molecule has 0 aromatic rings. The van der Waals surface area contributed by atoms with Crippen molar-refractivity contribution in [3.63, 3.8) is 0 Å². The van der Waals surface area contributed by atoms with Gasteiger partial charge in [0.1, 0.15) is 0 Å². The molecule has 4 rings (SSSR count). The Bertz CT molecular complexity index is 382. The Kier molecular flexibility index (Phi) is 2.83. The van der Waals surface area contributed by atoms with Crippen LogP contribution in [0.5, 0.6) is 0 Å². The molecule has 0 atom stereocenters. The van der Waals surface area contributed by atoms with E-state index in [1.807, 2.05) is 0 Å². The first-order valence-corrected chi connectivity index (χ1v) is 8.02. The van der Waals surface area contributed by atoms with Crippen LogP contribution < -0.4 is 5.48 Å². The zero-order chi connectivity index (χ0) is 13.0. The molecule has 18 heavy (non-hydrogen) atoms. The molecule has 102 valence electrons. The summed E-state index contributed by atoms with van der Waals surface area (Å²) in [6.45, 7) is 0. The normalized spacial score (nSPS) is 42.0. The summed E-state index contributed by atoms with van der Waals surface area (Å²) in [4.78, 5) is 33.1. The Balaban J connectivity index is 1.66. The van der Waals surface area contributed by atoms with Gasteiger partial charge in [0, 0.05) is 0 Å². The lowest BCUT2D eigenvalue weighted by molar-refractivity contribution is -0.0794. The molecular weight excluding hydrogens is 257 g/mol. The number of hydrogen-bond donors (Lipinski definition) is 3. The molecule has 4 aliphatic rings. The van der Waals surface area contributed by atoms with Gasteiger partial charge in [0.15, 0.2) is 0 Å². The molecule has 0 amide bonds. The van der Waals surface area contributed by atoms with E-state index >= 15 is 0 Å². The van der Waals surface area contributed by atoms with Crippen LogP contribution in [0, 0.1) is 17.8 Å². The highest BCUT2D eigenvalue weighted by Crippen LogP contribution is 2.55. The highest BCUT2D eigenvalue weighted by atomic mass is 31.2. The highest BCUT2D eigenvalue weighted by Gasteiger charge is 2.52. The lowest BCUT2D eigenvalue weighted by Crippen LogP contribution is -2.58. The van der Waals surface area contributed by atoms with Gasteiger partial charge in [-0.05, 0) is 56.3 Å². The molecule has 6 nitrogen and oxygen atoms in total. The van der Waals surface area contributed by atoms with E-state index in [4.69, 9.17) is 9.79 Å². The van der Waals surface area contributed by atoms with Crippen LogP contribution in [-0.4, -0.2) is 21.0 Å². The van der Waals surface area contributed by atoms with Crippen LogP contribution in [0.4, 0.5) is 4.79 Å². The number of hydrogen-bond acceptors (Lipinski definition) is 4. The Labute approximate surface area is 105 Å². The van der Waals surface area contributed by atoms with Gasteiger partial charge in [-0.25, -0.2) is 9.36 Å². The van der Waals surface area contributed by atoms with Crippen molar-refractivity contribution in [1.82, 2.24) is 5.48 Å². The average Bonchev–Trinajstić information content (AvgIpc) is 2.22. The molecule has 0 saturated heterocycles. The standard InChI is InChI=1S/C11H18NO5P/c13-10(18(14,15)16)17-12-11-4-7-1-8(5-11)3-9(2-7)6-11/h7-9,12H,1-6H2,(H2,14,15,16). The quantitative estimate of drug-likeness (QED) is 0.536. The van der Waals surface area contributed by atoms with Gasteiger partial charge in [-0.1, -0.05) is 0 Å². The van der Waals surface area contributed by atoms with Crippen LogP contribution >= 0.6 is 7.60 Å². The zero-order valence-electron chi connectivity index (χ0n) is 10.0. The van der Waals surface area contributed by atoms with Crippen molar-refractivity contribution < 1.29 is 24.0 Å². The summed E-state index contributed by atoms with van der Waals surface area (Å²) < 4.78 is 10.7. The van der Waals surface area contributed by atoms with Crippen molar-refractivity contribution in [1.29, 1.82) is 0 Å². The van der Waals surface area contributed by atoms with E-state index in [-0.39, 0.29) is 5.54 Å². The van der Waals surface area contributed by atoms with Crippen LogP contribution in [0.1, 0.15) is 38.5 Å². The van der Waals surface area contributed by atoms with E-state index < -0.39 is 13.3 Å². The van der Waals surface area contributed by atoms with Crippen molar-refractivity contribution in [2.24, 2.45) is 17.8 Å². The van der Waals surface area contributed by atoms with Gasteiger partial charge in [-0.15, -0.1) is 5.48 Å². The van der Waals surface area contributed by atoms with Crippen LogP contribution in [0.25, 0.3) is 0 Å². The van der Waals surface area contributed by atoms with E-state index in [0.29, 0.717) is 17.8 Å². The predicted octanol–water partition coefficient (Wildman–Crippen LogP) is 1.77. The summed E-state index contributed by atoms with van der Waals surface area (Å²) in [5.41, 5.74) is 0.981. The SMILES string of the molecule is O=C(ONC12CC3CC(CC(C3)C1)C2)P(=O)(O)O. The van der Waals surface area contributed by atoms with Crippen LogP contribution in [0.15, 0.2) is 0 Å². The third-order valence-corrected chi connectivity index (χ3v) is 5.20. The lowest BCUT2D eigenvalue weighted by Gasteiger charge is -2.56. The van der Waals surface area contributed by atoms with Gasteiger partial charge < -0.3 is 14.6 Å². The molecule has 0 spiro atoms. The maximum absolute atomic E-state index is 11.1. The Morgan fingerprint density at radius 1 is 1.11 bits per heavy atom. The second kappa shape index (κ2) is 4.04. The van der Waals surface area contributed by atoms with Crippen molar-refractivity contribution >= 4 is 13.3 Å². The van der Waals surface area contributed by atoms with E-state index in [1.54, 1.807) is 0 Å². The Morgan fingerprint density at radius 3 is 1.94 bits per heavy atom. The molecule has 7 heteroatoms. The fraction of sp³-hybridized carbons (Fsp3) is 0.909. The molecule has 0 aliphatic heterocycles. The van der Waals surface area contributed by atoms with E-state index in [1.165, 1.54) is 19.3 Å². The number of rotatable bonds is 3. The summed E-state index contributed by atoms with van der Waals surface area (Å²) in [5, 5.41) is 0. The monoisotopic (exact) mass is 275 g/mol. The van der Waals surface area contributed by atoms with Gasteiger partial charge >= 0.3 is 13.3 Å². The molecule has 4 aliphatic carbocycles. The average molecular weight is 275 g/mol. The van der Waals surface area contributed by atoms with E-state index in [2.05, 4.69) is 10.3 Å². The third kappa shape index (κ3) is 2.23. The topological polar surface area (TPSA) is 95.9 Å². The third-order valence-electron chi connectivity index (χ3n) is 4.63. The molecule has 0 heterocycles. The van der Waals surface area contributed by atoms with Crippen molar-refractivity contribution in [3.05, 3.63) is 0 Å². The maximum atomic E-state index is 11.1. The first-order valence-electron chi connectivity index (χ1n) is 6.40. The summed E-state index contributed by atoms with van der Waals surface area (Å²) in [6.07, 6.45) is 6.63. The van der Waals surface area contributed by atoms with Gasteiger partial charge in [0.2, 0.25) is 0 Å². The maximum Gasteiger partial charge on any atom is 0.438 e. The van der Waals surface area contributed by atoms with Crippen LogP contribution in [0.2, 0.25) is 0 Å².